The summed E-state index contributed by atoms with van der Waals surface area (Å²) in [6.07, 6.45) is -3.40. The minimum Gasteiger partial charge on any atom is -0.295 e. The summed E-state index contributed by atoms with van der Waals surface area (Å²) in [5.74, 6) is 0.143. The first-order valence-corrected chi connectivity index (χ1v) is 9.48. The van der Waals surface area contributed by atoms with Crippen molar-refractivity contribution >= 4 is 11.4 Å². The van der Waals surface area contributed by atoms with Crippen LogP contribution in [0.25, 0.3) is 5.57 Å². The molecule has 1 saturated carbocycles. The average molecular weight is 392 g/mol. The number of carbonyl (C=O) groups is 1. The number of benzene rings is 3. The number of halogens is 3. The molecule has 1 unspecified atom stereocenters. The van der Waals surface area contributed by atoms with E-state index < -0.39 is 11.7 Å². The van der Waals surface area contributed by atoms with Gasteiger partial charge < -0.3 is 0 Å². The van der Waals surface area contributed by atoms with Crippen molar-refractivity contribution in [3.63, 3.8) is 0 Å². The van der Waals surface area contributed by atoms with E-state index in [1.54, 1.807) is 0 Å². The van der Waals surface area contributed by atoms with Gasteiger partial charge in [0.1, 0.15) is 0 Å². The summed E-state index contributed by atoms with van der Waals surface area (Å²) in [5, 5.41) is 0. The van der Waals surface area contributed by atoms with Gasteiger partial charge in [-0.3, -0.25) is 4.79 Å². The zero-order chi connectivity index (χ0) is 20.4. The maximum atomic E-state index is 13.0. The number of carbonyl (C=O) groups excluding carboxylic acids is 1. The lowest BCUT2D eigenvalue weighted by molar-refractivity contribution is -0.137. The highest BCUT2D eigenvalue weighted by molar-refractivity contribution is 6.08. The Morgan fingerprint density at radius 3 is 1.86 bits per heavy atom. The molecule has 1 nitrogen and oxygen atoms in total. The molecule has 1 aliphatic carbocycles. The van der Waals surface area contributed by atoms with Gasteiger partial charge in [-0.1, -0.05) is 72.8 Å². The Bertz CT molecular complexity index is 1030. The number of rotatable bonds is 3. The summed E-state index contributed by atoms with van der Waals surface area (Å²) in [7, 11) is 0. The highest BCUT2D eigenvalue weighted by Crippen LogP contribution is 2.41. The molecule has 0 saturated heterocycles. The normalized spacial score (nSPS) is 18.7. The Labute approximate surface area is 167 Å². The van der Waals surface area contributed by atoms with Crippen LogP contribution in [0.1, 0.15) is 41.0 Å². The molecule has 4 heteroatoms. The van der Waals surface area contributed by atoms with Crippen LogP contribution in [0, 0.1) is 0 Å². The van der Waals surface area contributed by atoms with E-state index in [2.05, 4.69) is 0 Å². The van der Waals surface area contributed by atoms with Crippen LogP contribution >= 0.6 is 0 Å². The maximum Gasteiger partial charge on any atom is 0.416 e. The van der Waals surface area contributed by atoms with Crippen LogP contribution < -0.4 is 0 Å². The SMILES string of the molecule is O=C1CC(c2ccccc2)C/C1=C(/c1ccccc1)c1ccc(C(F)(F)F)cc1. The zero-order valence-electron chi connectivity index (χ0n) is 15.6. The van der Waals surface area contributed by atoms with Crippen LogP contribution in [0.2, 0.25) is 0 Å². The Balaban J connectivity index is 1.80. The Morgan fingerprint density at radius 1 is 0.724 bits per heavy atom. The van der Waals surface area contributed by atoms with Gasteiger partial charge in [-0.25, -0.2) is 0 Å². The molecular weight excluding hydrogens is 373 g/mol. The van der Waals surface area contributed by atoms with Crippen LogP contribution in [-0.4, -0.2) is 5.78 Å². The van der Waals surface area contributed by atoms with Crippen LogP contribution in [-0.2, 0) is 11.0 Å². The summed E-state index contributed by atoms with van der Waals surface area (Å²) in [5.41, 5.74) is 3.28. The molecule has 0 aliphatic heterocycles. The fourth-order valence-corrected chi connectivity index (χ4v) is 3.93. The molecule has 0 spiro atoms. The molecule has 0 aromatic heterocycles. The lowest BCUT2D eigenvalue weighted by Crippen LogP contribution is -2.05. The molecule has 3 aromatic carbocycles. The fourth-order valence-electron chi connectivity index (χ4n) is 3.93. The van der Waals surface area contributed by atoms with Crippen molar-refractivity contribution in [1.82, 2.24) is 0 Å². The van der Waals surface area contributed by atoms with E-state index in [1.165, 1.54) is 12.1 Å². The number of hydrogen-bond donors (Lipinski definition) is 0. The molecule has 0 heterocycles. The summed E-state index contributed by atoms with van der Waals surface area (Å²) in [6.45, 7) is 0. The Hall–Kier alpha value is -3.14. The summed E-state index contributed by atoms with van der Waals surface area (Å²) < 4.78 is 38.9. The standard InChI is InChI=1S/C25H19F3O/c26-25(27,28)21-13-11-19(12-14-21)24(18-9-5-2-6-10-18)22-15-20(16-23(22)29)17-7-3-1-4-8-17/h1-14,20H,15-16H2/b24-22+. The predicted molar refractivity (Wildman–Crippen MR) is 107 cm³/mol. The summed E-state index contributed by atoms with van der Waals surface area (Å²) in [4.78, 5) is 12.9. The molecule has 0 amide bonds. The molecule has 146 valence electrons. The second kappa shape index (κ2) is 7.70. The monoisotopic (exact) mass is 392 g/mol. The maximum absolute atomic E-state index is 13.0. The summed E-state index contributed by atoms with van der Waals surface area (Å²) in [6, 6.07) is 24.3. The quantitative estimate of drug-likeness (QED) is 0.456. The van der Waals surface area contributed by atoms with Crippen LogP contribution in [0.3, 0.4) is 0 Å². The van der Waals surface area contributed by atoms with E-state index in [-0.39, 0.29) is 11.7 Å². The van der Waals surface area contributed by atoms with Crippen molar-refractivity contribution in [1.29, 1.82) is 0 Å². The van der Waals surface area contributed by atoms with Crippen LogP contribution in [0.4, 0.5) is 13.2 Å². The van der Waals surface area contributed by atoms with Gasteiger partial charge in [0.15, 0.2) is 5.78 Å². The largest absolute Gasteiger partial charge is 0.416 e. The minimum absolute atomic E-state index is 0.0533. The first-order chi connectivity index (χ1) is 13.9. The van der Waals surface area contributed by atoms with Crippen LogP contribution in [0.5, 0.6) is 0 Å². The van der Waals surface area contributed by atoms with Crippen molar-refractivity contribution < 1.29 is 18.0 Å². The van der Waals surface area contributed by atoms with Crippen LogP contribution in [0.15, 0.2) is 90.5 Å². The first-order valence-electron chi connectivity index (χ1n) is 9.48. The summed E-state index contributed by atoms with van der Waals surface area (Å²) >= 11 is 0. The number of alkyl halides is 3. The van der Waals surface area contributed by atoms with Crippen molar-refractivity contribution in [2.45, 2.75) is 24.9 Å². The van der Waals surface area contributed by atoms with Gasteiger partial charge in [-0.2, -0.15) is 13.2 Å². The molecular formula is C25H19F3O. The number of hydrogen-bond acceptors (Lipinski definition) is 1. The zero-order valence-corrected chi connectivity index (χ0v) is 15.6. The van der Waals surface area contributed by atoms with Crippen molar-refractivity contribution in [3.8, 4) is 0 Å². The lowest BCUT2D eigenvalue weighted by Gasteiger charge is -2.14. The van der Waals surface area contributed by atoms with Gasteiger partial charge in [0.2, 0.25) is 0 Å². The van der Waals surface area contributed by atoms with E-state index >= 15 is 0 Å². The molecule has 29 heavy (non-hydrogen) atoms. The molecule has 1 atom stereocenters. The van der Waals surface area contributed by atoms with Gasteiger partial charge >= 0.3 is 6.18 Å². The second-order valence-electron chi connectivity index (χ2n) is 7.23. The van der Waals surface area contributed by atoms with E-state index in [9.17, 15) is 18.0 Å². The second-order valence-corrected chi connectivity index (χ2v) is 7.23. The third-order valence-electron chi connectivity index (χ3n) is 5.36. The lowest BCUT2D eigenvalue weighted by atomic mass is 9.90. The Kier molecular flexibility index (Phi) is 5.10. The molecule has 1 fully saturated rings. The van der Waals surface area contributed by atoms with Crippen molar-refractivity contribution in [2.24, 2.45) is 0 Å². The smallest absolute Gasteiger partial charge is 0.295 e. The van der Waals surface area contributed by atoms with Gasteiger partial charge in [0.25, 0.3) is 0 Å². The molecule has 3 aromatic rings. The Morgan fingerprint density at radius 2 is 1.28 bits per heavy atom. The predicted octanol–water partition coefficient (Wildman–Crippen LogP) is 6.65. The van der Waals surface area contributed by atoms with E-state index in [0.717, 1.165) is 28.8 Å². The topological polar surface area (TPSA) is 17.1 Å². The fraction of sp³-hybridized carbons (Fsp3) is 0.160. The molecule has 4 rings (SSSR count). The van der Waals surface area contributed by atoms with Gasteiger partial charge in [0, 0.05) is 12.0 Å². The van der Waals surface area contributed by atoms with Crippen molar-refractivity contribution in [2.75, 3.05) is 0 Å². The third kappa shape index (κ3) is 4.02. The first kappa shape index (κ1) is 19.2. The average Bonchev–Trinajstić information content (AvgIpc) is 3.11. The number of Topliss-reactive ketones (excluding diaryl/α,β-unsaturated/α-hetero) is 1. The third-order valence-corrected chi connectivity index (χ3v) is 5.36. The van der Waals surface area contributed by atoms with Gasteiger partial charge in [0.05, 0.1) is 5.56 Å². The van der Waals surface area contributed by atoms with Gasteiger partial charge in [-0.15, -0.1) is 0 Å². The molecule has 1 aliphatic rings. The van der Waals surface area contributed by atoms with E-state index in [0.29, 0.717) is 24.0 Å². The van der Waals surface area contributed by atoms with E-state index in [4.69, 9.17) is 0 Å². The molecule has 0 bridgehead atoms. The minimum atomic E-state index is -4.39. The molecule has 0 radical (unpaired) electrons. The molecule has 0 N–H and O–H groups in total. The van der Waals surface area contributed by atoms with E-state index in [1.807, 2.05) is 60.7 Å². The number of allylic oxidation sites excluding steroid dienone is 1. The number of ketones is 1. The van der Waals surface area contributed by atoms with Crippen molar-refractivity contribution in [3.05, 3.63) is 113 Å². The van der Waals surface area contributed by atoms with Gasteiger partial charge in [-0.05, 0) is 46.7 Å². The highest BCUT2D eigenvalue weighted by Gasteiger charge is 2.33. The highest BCUT2D eigenvalue weighted by atomic mass is 19.4.